The third kappa shape index (κ3) is 2.83. The van der Waals surface area contributed by atoms with Crippen molar-refractivity contribution in [1.29, 1.82) is 0 Å². The molecule has 3 heterocycles. The number of aryl methyl sites for hydroxylation is 1. The second kappa shape index (κ2) is 5.92. The summed E-state index contributed by atoms with van der Waals surface area (Å²) in [5, 5.41) is 11.2. The molecule has 2 aromatic heterocycles. The molecule has 1 amide bonds. The molecule has 0 atom stereocenters. The molecule has 2 aromatic rings. The number of rotatable bonds is 6. The zero-order valence-electron chi connectivity index (χ0n) is 13.4. The van der Waals surface area contributed by atoms with Gasteiger partial charge in [0.15, 0.2) is 0 Å². The van der Waals surface area contributed by atoms with Gasteiger partial charge in [-0.05, 0) is 25.3 Å². The van der Waals surface area contributed by atoms with Gasteiger partial charge in [0.05, 0.1) is 16.6 Å². The highest BCUT2D eigenvalue weighted by molar-refractivity contribution is 6.06. The summed E-state index contributed by atoms with van der Waals surface area (Å²) in [6.07, 6.45) is 4.04. The molecule has 0 bridgehead atoms. The molecule has 0 spiro atoms. The van der Waals surface area contributed by atoms with Gasteiger partial charge in [-0.2, -0.15) is 0 Å². The maximum absolute atomic E-state index is 12.7. The molecule has 1 aliphatic carbocycles. The average molecular weight is 314 g/mol. The first kappa shape index (κ1) is 14.6. The van der Waals surface area contributed by atoms with Crippen LogP contribution in [0.25, 0.3) is 11.1 Å². The van der Waals surface area contributed by atoms with Crippen LogP contribution in [0.15, 0.2) is 10.6 Å². The van der Waals surface area contributed by atoms with Crippen molar-refractivity contribution in [2.24, 2.45) is 5.92 Å². The molecular formula is C17H22N4O2. The Labute approximate surface area is 135 Å². The normalized spacial score (nSPS) is 18.1. The van der Waals surface area contributed by atoms with Crippen molar-refractivity contribution in [1.82, 2.24) is 20.8 Å². The van der Waals surface area contributed by atoms with Gasteiger partial charge >= 0.3 is 0 Å². The Morgan fingerprint density at radius 2 is 2.26 bits per heavy atom. The second-order valence-electron chi connectivity index (χ2n) is 6.66. The van der Waals surface area contributed by atoms with E-state index < -0.39 is 0 Å². The smallest absolute Gasteiger partial charge is 0.259 e. The highest BCUT2D eigenvalue weighted by Crippen LogP contribution is 2.40. The number of carbonyl (C=O) groups is 1. The molecule has 0 unspecified atom stereocenters. The molecule has 1 saturated carbocycles. The van der Waals surface area contributed by atoms with E-state index in [0.29, 0.717) is 29.7 Å². The number of nitrogens with one attached hydrogen (secondary N) is 2. The van der Waals surface area contributed by atoms with Gasteiger partial charge in [0, 0.05) is 37.2 Å². The number of hydrogen-bond donors (Lipinski definition) is 2. The monoisotopic (exact) mass is 314 g/mol. The summed E-state index contributed by atoms with van der Waals surface area (Å²) in [4.78, 5) is 17.3. The summed E-state index contributed by atoms with van der Waals surface area (Å²) in [7, 11) is 0. The number of aromatic nitrogens is 2. The van der Waals surface area contributed by atoms with E-state index >= 15 is 0 Å². The number of hydrogen-bond acceptors (Lipinski definition) is 5. The van der Waals surface area contributed by atoms with Gasteiger partial charge in [-0.3, -0.25) is 4.79 Å². The highest BCUT2D eigenvalue weighted by atomic mass is 16.5. The average Bonchev–Trinajstić information content (AvgIpc) is 3.28. The fraction of sp³-hybridized carbons (Fsp3) is 0.588. The van der Waals surface area contributed by atoms with Gasteiger partial charge in [-0.25, -0.2) is 4.98 Å². The van der Waals surface area contributed by atoms with E-state index in [1.807, 2.05) is 6.07 Å². The topological polar surface area (TPSA) is 80.0 Å². The lowest BCUT2D eigenvalue weighted by Gasteiger charge is -2.27. The van der Waals surface area contributed by atoms with Gasteiger partial charge in [0.2, 0.25) is 0 Å². The van der Waals surface area contributed by atoms with E-state index in [2.05, 4.69) is 27.7 Å². The zero-order chi connectivity index (χ0) is 15.8. The molecular weight excluding hydrogens is 292 g/mol. The van der Waals surface area contributed by atoms with Crippen molar-refractivity contribution >= 4 is 17.0 Å². The first-order valence-electron chi connectivity index (χ1n) is 8.54. The summed E-state index contributed by atoms with van der Waals surface area (Å²) in [6.45, 7) is 4.76. The van der Waals surface area contributed by atoms with Crippen LogP contribution >= 0.6 is 0 Å². The van der Waals surface area contributed by atoms with Crippen LogP contribution in [-0.4, -0.2) is 35.7 Å². The molecule has 6 nitrogen and oxygen atoms in total. The summed E-state index contributed by atoms with van der Waals surface area (Å²) in [6, 6.07) is 1.95. The Morgan fingerprint density at radius 1 is 1.43 bits per heavy atom. The van der Waals surface area contributed by atoms with E-state index in [9.17, 15) is 4.79 Å². The van der Waals surface area contributed by atoms with Crippen molar-refractivity contribution in [3.63, 3.8) is 0 Å². The van der Waals surface area contributed by atoms with Crippen molar-refractivity contribution in [2.75, 3.05) is 19.6 Å². The summed E-state index contributed by atoms with van der Waals surface area (Å²) in [5.74, 6) is 0.977. The Bertz CT molecular complexity index is 732. The Kier molecular flexibility index (Phi) is 3.77. The third-order valence-corrected chi connectivity index (χ3v) is 4.68. The number of fused-ring (bicyclic) bond motifs is 1. The van der Waals surface area contributed by atoms with Gasteiger partial charge in [0.1, 0.15) is 0 Å². The van der Waals surface area contributed by atoms with Crippen molar-refractivity contribution < 1.29 is 9.32 Å². The van der Waals surface area contributed by atoms with Crippen LogP contribution in [0, 0.1) is 5.92 Å². The largest absolute Gasteiger partial charge is 0.352 e. The minimum absolute atomic E-state index is 0.0354. The maximum Gasteiger partial charge on any atom is 0.259 e. The predicted octanol–water partition coefficient (Wildman–Crippen LogP) is 2.00. The summed E-state index contributed by atoms with van der Waals surface area (Å²) >= 11 is 0. The molecule has 2 aliphatic rings. The Balaban J connectivity index is 1.68. The predicted molar refractivity (Wildman–Crippen MR) is 86.5 cm³/mol. The number of carbonyl (C=O) groups excluding carboxylic acids is 1. The van der Waals surface area contributed by atoms with Crippen LogP contribution in [-0.2, 0) is 6.42 Å². The van der Waals surface area contributed by atoms with Crippen LogP contribution in [0.2, 0.25) is 0 Å². The fourth-order valence-corrected chi connectivity index (χ4v) is 3.03. The van der Waals surface area contributed by atoms with Crippen LogP contribution in [0.3, 0.4) is 0 Å². The standard InChI is InChI=1S/C17H22N4O2/c1-2-3-13-15-12(16(22)19-9-10-7-18-8-10)6-14(11-4-5-11)20-17(15)23-21-13/h6,10-11,18H,2-5,7-9H2,1H3,(H,19,22). The molecule has 122 valence electrons. The highest BCUT2D eigenvalue weighted by Gasteiger charge is 2.29. The molecule has 2 fully saturated rings. The summed E-state index contributed by atoms with van der Waals surface area (Å²) < 4.78 is 5.42. The molecule has 1 aliphatic heterocycles. The van der Waals surface area contributed by atoms with Gasteiger partial charge < -0.3 is 15.2 Å². The van der Waals surface area contributed by atoms with Crippen LogP contribution in [0.1, 0.15) is 53.8 Å². The minimum Gasteiger partial charge on any atom is -0.352 e. The quantitative estimate of drug-likeness (QED) is 0.852. The molecule has 6 heteroatoms. The number of amides is 1. The lowest BCUT2D eigenvalue weighted by molar-refractivity contribution is 0.0943. The third-order valence-electron chi connectivity index (χ3n) is 4.68. The fourth-order valence-electron chi connectivity index (χ4n) is 3.03. The van der Waals surface area contributed by atoms with Crippen molar-refractivity contribution in [2.45, 2.75) is 38.5 Å². The van der Waals surface area contributed by atoms with Crippen LogP contribution < -0.4 is 10.6 Å². The molecule has 23 heavy (non-hydrogen) atoms. The Hall–Kier alpha value is -1.95. The lowest BCUT2D eigenvalue weighted by atomic mass is 10.0. The second-order valence-corrected chi connectivity index (χ2v) is 6.66. The van der Waals surface area contributed by atoms with Gasteiger partial charge in [-0.1, -0.05) is 18.5 Å². The molecule has 4 rings (SSSR count). The minimum atomic E-state index is -0.0354. The molecule has 0 radical (unpaired) electrons. The van der Waals surface area contributed by atoms with Crippen LogP contribution in [0.5, 0.6) is 0 Å². The van der Waals surface area contributed by atoms with E-state index in [0.717, 1.165) is 55.5 Å². The first-order valence-corrected chi connectivity index (χ1v) is 8.54. The number of nitrogens with zero attached hydrogens (tertiary/aromatic N) is 2. The van der Waals surface area contributed by atoms with E-state index in [1.54, 1.807) is 0 Å². The van der Waals surface area contributed by atoms with Gasteiger partial charge in [0.25, 0.3) is 11.6 Å². The van der Waals surface area contributed by atoms with E-state index in [4.69, 9.17) is 4.52 Å². The molecule has 2 N–H and O–H groups in total. The SMILES string of the molecule is CCCc1noc2nc(C3CC3)cc(C(=O)NCC3CNC3)c12. The Morgan fingerprint density at radius 3 is 2.91 bits per heavy atom. The maximum atomic E-state index is 12.7. The van der Waals surface area contributed by atoms with E-state index in [1.165, 1.54) is 0 Å². The first-order chi connectivity index (χ1) is 11.3. The van der Waals surface area contributed by atoms with Gasteiger partial charge in [-0.15, -0.1) is 0 Å². The lowest BCUT2D eigenvalue weighted by Crippen LogP contribution is -2.48. The zero-order valence-corrected chi connectivity index (χ0v) is 13.4. The molecule has 1 saturated heterocycles. The van der Waals surface area contributed by atoms with Crippen molar-refractivity contribution in [3.8, 4) is 0 Å². The van der Waals surface area contributed by atoms with E-state index in [-0.39, 0.29) is 5.91 Å². The molecule has 0 aromatic carbocycles. The van der Waals surface area contributed by atoms with Crippen LogP contribution in [0.4, 0.5) is 0 Å². The summed E-state index contributed by atoms with van der Waals surface area (Å²) in [5.41, 5.74) is 2.99. The van der Waals surface area contributed by atoms with Crippen molar-refractivity contribution in [3.05, 3.63) is 23.0 Å². The number of pyridine rings is 1.